The Kier molecular flexibility index (Phi) is 4.28. The summed E-state index contributed by atoms with van der Waals surface area (Å²) in [6.07, 6.45) is 7.05. The van der Waals surface area contributed by atoms with E-state index in [4.69, 9.17) is 6.42 Å². The van der Waals surface area contributed by atoms with Gasteiger partial charge in [0.05, 0.1) is 22.0 Å². The van der Waals surface area contributed by atoms with E-state index in [1.54, 1.807) is 47.2 Å². The van der Waals surface area contributed by atoms with Gasteiger partial charge >= 0.3 is 0 Å². The summed E-state index contributed by atoms with van der Waals surface area (Å²) < 4.78 is 27.4. The van der Waals surface area contributed by atoms with Crippen molar-refractivity contribution in [3.63, 3.8) is 0 Å². The van der Waals surface area contributed by atoms with Crippen LogP contribution in [-0.4, -0.2) is 13.0 Å². The number of sulfone groups is 1. The summed E-state index contributed by atoms with van der Waals surface area (Å²) in [6, 6.07) is 18.0. The Morgan fingerprint density at radius 3 is 2.29 bits per heavy atom. The van der Waals surface area contributed by atoms with Crippen LogP contribution in [0.1, 0.15) is 5.56 Å². The SMILES string of the molecule is C#CCn1cc(S(=O)(=O)c2ccccc2)cc1-c1ccc(C)cc1. The minimum absolute atomic E-state index is 0.250. The van der Waals surface area contributed by atoms with Crippen LogP contribution in [0.4, 0.5) is 0 Å². The highest BCUT2D eigenvalue weighted by Crippen LogP contribution is 2.28. The fraction of sp³-hybridized carbons (Fsp3) is 0.100. The van der Waals surface area contributed by atoms with Gasteiger partial charge < -0.3 is 4.57 Å². The van der Waals surface area contributed by atoms with Gasteiger partial charge in [0, 0.05) is 6.20 Å². The number of hydrogen-bond donors (Lipinski definition) is 0. The van der Waals surface area contributed by atoms with Gasteiger partial charge in [0.15, 0.2) is 0 Å². The minimum atomic E-state index is -3.56. The quantitative estimate of drug-likeness (QED) is 0.678. The van der Waals surface area contributed by atoms with Gasteiger partial charge in [-0.05, 0) is 30.7 Å². The molecular weight excluding hydrogens is 318 g/mol. The molecule has 0 saturated carbocycles. The number of nitrogens with zero attached hydrogens (tertiary/aromatic N) is 1. The van der Waals surface area contributed by atoms with Gasteiger partial charge in [-0.1, -0.05) is 53.9 Å². The van der Waals surface area contributed by atoms with Gasteiger partial charge in [-0.25, -0.2) is 8.42 Å². The molecule has 3 aromatic rings. The number of aromatic nitrogens is 1. The Balaban J connectivity index is 2.13. The summed E-state index contributed by atoms with van der Waals surface area (Å²) in [6.45, 7) is 2.32. The maximum absolute atomic E-state index is 12.8. The van der Waals surface area contributed by atoms with Gasteiger partial charge in [0.2, 0.25) is 9.84 Å². The number of aryl methyl sites for hydroxylation is 1. The van der Waals surface area contributed by atoms with Crippen LogP contribution in [0.5, 0.6) is 0 Å². The Labute approximate surface area is 142 Å². The maximum Gasteiger partial charge on any atom is 0.208 e. The molecule has 0 N–H and O–H groups in total. The first kappa shape index (κ1) is 16.1. The lowest BCUT2D eigenvalue weighted by Gasteiger charge is -2.05. The minimum Gasteiger partial charge on any atom is -0.334 e. The van der Waals surface area contributed by atoms with Crippen LogP contribution >= 0.6 is 0 Å². The van der Waals surface area contributed by atoms with Crippen molar-refractivity contribution in [2.75, 3.05) is 0 Å². The van der Waals surface area contributed by atoms with Crippen LogP contribution in [-0.2, 0) is 16.4 Å². The summed E-state index contributed by atoms with van der Waals surface area (Å²) >= 11 is 0. The second kappa shape index (κ2) is 6.38. The lowest BCUT2D eigenvalue weighted by molar-refractivity contribution is 0.596. The van der Waals surface area contributed by atoms with Crippen LogP contribution in [0.3, 0.4) is 0 Å². The molecule has 0 aliphatic carbocycles. The monoisotopic (exact) mass is 335 g/mol. The van der Waals surface area contributed by atoms with E-state index >= 15 is 0 Å². The molecule has 0 unspecified atom stereocenters. The van der Waals surface area contributed by atoms with Crippen LogP contribution in [0.25, 0.3) is 11.3 Å². The van der Waals surface area contributed by atoms with Crippen molar-refractivity contribution in [1.29, 1.82) is 0 Å². The molecule has 0 spiro atoms. The van der Waals surface area contributed by atoms with E-state index in [0.29, 0.717) is 6.54 Å². The van der Waals surface area contributed by atoms with Crippen molar-refractivity contribution < 1.29 is 8.42 Å². The number of terminal acetylenes is 1. The first-order chi connectivity index (χ1) is 11.5. The molecule has 3 nitrogen and oxygen atoms in total. The molecule has 2 aromatic carbocycles. The van der Waals surface area contributed by atoms with Gasteiger partial charge in [-0.3, -0.25) is 0 Å². The maximum atomic E-state index is 12.8. The highest BCUT2D eigenvalue weighted by Gasteiger charge is 2.21. The van der Waals surface area contributed by atoms with E-state index in [9.17, 15) is 8.42 Å². The molecular formula is C20H17NO2S. The van der Waals surface area contributed by atoms with Crippen molar-refractivity contribution in [3.8, 4) is 23.6 Å². The van der Waals surface area contributed by atoms with Crippen LogP contribution < -0.4 is 0 Å². The smallest absolute Gasteiger partial charge is 0.208 e. The molecule has 0 atom stereocenters. The molecule has 0 amide bonds. The third-order valence-electron chi connectivity index (χ3n) is 3.84. The summed E-state index contributed by atoms with van der Waals surface area (Å²) in [4.78, 5) is 0.526. The van der Waals surface area contributed by atoms with Crippen molar-refractivity contribution >= 4 is 9.84 Å². The molecule has 0 fully saturated rings. The molecule has 0 aliphatic heterocycles. The van der Waals surface area contributed by atoms with Crippen LogP contribution in [0.15, 0.2) is 76.7 Å². The van der Waals surface area contributed by atoms with Crippen LogP contribution in [0, 0.1) is 19.3 Å². The molecule has 0 radical (unpaired) electrons. The van der Waals surface area contributed by atoms with Gasteiger partial charge in [-0.2, -0.15) is 0 Å². The standard InChI is InChI=1S/C20H17NO2S/c1-3-13-21-15-19(24(22,23)18-7-5-4-6-8-18)14-20(21)17-11-9-16(2)10-12-17/h1,4-12,14-15H,13H2,2H3. The van der Waals surface area contributed by atoms with Crippen molar-refractivity contribution in [2.45, 2.75) is 23.3 Å². The Morgan fingerprint density at radius 1 is 1.00 bits per heavy atom. The lowest BCUT2D eigenvalue weighted by atomic mass is 10.1. The first-order valence-corrected chi connectivity index (χ1v) is 9.01. The van der Waals surface area contributed by atoms with Gasteiger partial charge in [-0.15, -0.1) is 6.42 Å². The molecule has 24 heavy (non-hydrogen) atoms. The Morgan fingerprint density at radius 2 is 1.67 bits per heavy atom. The number of hydrogen-bond acceptors (Lipinski definition) is 2. The highest BCUT2D eigenvalue weighted by molar-refractivity contribution is 7.91. The Hall–Kier alpha value is -2.77. The normalized spacial score (nSPS) is 11.2. The van der Waals surface area contributed by atoms with E-state index in [-0.39, 0.29) is 9.79 Å². The first-order valence-electron chi connectivity index (χ1n) is 7.53. The molecule has 1 aromatic heterocycles. The molecule has 120 valence electrons. The number of rotatable bonds is 4. The molecule has 0 aliphatic rings. The van der Waals surface area contributed by atoms with E-state index in [2.05, 4.69) is 5.92 Å². The molecule has 0 bridgehead atoms. The van der Waals surface area contributed by atoms with Crippen LogP contribution in [0.2, 0.25) is 0 Å². The fourth-order valence-corrected chi connectivity index (χ4v) is 3.88. The average molecular weight is 335 g/mol. The Bertz CT molecular complexity index is 992. The molecule has 0 saturated heterocycles. The number of benzene rings is 2. The second-order valence-corrected chi connectivity index (χ2v) is 7.53. The van der Waals surface area contributed by atoms with E-state index in [1.165, 1.54) is 0 Å². The zero-order valence-electron chi connectivity index (χ0n) is 13.3. The van der Waals surface area contributed by atoms with Gasteiger partial charge in [0.25, 0.3) is 0 Å². The fourth-order valence-electron chi connectivity index (χ4n) is 2.56. The lowest BCUT2D eigenvalue weighted by Crippen LogP contribution is -2.00. The zero-order chi connectivity index (χ0) is 17.2. The second-order valence-electron chi connectivity index (χ2n) is 5.58. The molecule has 4 heteroatoms. The third kappa shape index (κ3) is 2.99. The van der Waals surface area contributed by atoms with Crippen molar-refractivity contribution in [2.24, 2.45) is 0 Å². The largest absolute Gasteiger partial charge is 0.334 e. The zero-order valence-corrected chi connectivity index (χ0v) is 14.1. The predicted octanol–water partition coefficient (Wildman–Crippen LogP) is 3.93. The molecule has 3 rings (SSSR count). The van der Waals surface area contributed by atoms with E-state index in [0.717, 1.165) is 16.8 Å². The van der Waals surface area contributed by atoms with E-state index < -0.39 is 9.84 Å². The predicted molar refractivity (Wildman–Crippen MR) is 95.3 cm³/mol. The van der Waals surface area contributed by atoms with Gasteiger partial charge in [0.1, 0.15) is 0 Å². The summed E-state index contributed by atoms with van der Waals surface area (Å²) in [5.41, 5.74) is 2.87. The summed E-state index contributed by atoms with van der Waals surface area (Å²) in [7, 11) is -3.56. The topological polar surface area (TPSA) is 39.1 Å². The third-order valence-corrected chi connectivity index (χ3v) is 5.58. The summed E-state index contributed by atoms with van der Waals surface area (Å²) in [5, 5.41) is 0. The van der Waals surface area contributed by atoms with E-state index in [1.807, 2.05) is 31.2 Å². The van der Waals surface area contributed by atoms with Crippen molar-refractivity contribution in [1.82, 2.24) is 4.57 Å². The average Bonchev–Trinajstić information content (AvgIpc) is 3.01. The molecule has 1 heterocycles. The summed E-state index contributed by atoms with van der Waals surface area (Å²) in [5.74, 6) is 2.58. The highest BCUT2D eigenvalue weighted by atomic mass is 32.2. The van der Waals surface area contributed by atoms with Crippen molar-refractivity contribution in [3.05, 3.63) is 72.4 Å².